The molecule has 5 aliphatic rings. The van der Waals surface area contributed by atoms with E-state index in [1.807, 2.05) is 6.20 Å². The van der Waals surface area contributed by atoms with Crippen LogP contribution in [0.1, 0.15) is 117 Å². The Hall–Kier alpha value is -1.42. The largest absolute Gasteiger partial charge is 0.396 e. The van der Waals surface area contributed by atoms with Gasteiger partial charge in [-0.1, -0.05) is 52.3 Å². The lowest BCUT2D eigenvalue weighted by atomic mass is 9.34. The van der Waals surface area contributed by atoms with Gasteiger partial charge in [-0.3, -0.25) is 4.79 Å². The van der Waals surface area contributed by atoms with Gasteiger partial charge in [0.15, 0.2) is 5.78 Å². The Morgan fingerprint density at radius 1 is 1.06 bits per heavy atom. The molecule has 0 bridgehead atoms. The highest BCUT2D eigenvalue weighted by molar-refractivity contribution is 5.95. The van der Waals surface area contributed by atoms with E-state index in [4.69, 9.17) is 4.52 Å². The standard InChI is InChI=1S/C32H47NO3/c1-20-22-8-10-30(5)25(29(22,4)17-21-19-33-36-27(20)21)16-24(35)26-23-18-28(2,3)11-13-32(23,9-7-15-34)14-12-31(26,30)6/h16,19-20,22-23,26,34H,7-15,17-18H2,1-6H3/t20-,22-,23?,26?,29-,30+,31+,32+/m0/s1. The molecule has 6 rings (SSSR count). The zero-order chi connectivity index (χ0) is 25.7. The van der Waals surface area contributed by atoms with E-state index in [9.17, 15) is 9.90 Å². The molecular formula is C32H47NO3. The number of rotatable bonds is 3. The van der Waals surface area contributed by atoms with Crippen molar-refractivity contribution >= 4 is 5.78 Å². The molecule has 1 N–H and O–H groups in total. The number of nitrogens with zero attached hydrogens (tertiary/aromatic N) is 1. The van der Waals surface area contributed by atoms with Gasteiger partial charge in [0.2, 0.25) is 0 Å². The molecular weight excluding hydrogens is 446 g/mol. The van der Waals surface area contributed by atoms with Crippen molar-refractivity contribution in [2.75, 3.05) is 6.61 Å². The summed E-state index contributed by atoms with van der Waals surface area (Å²) in [7, 11) is 0. The number of carbonyl (C=O) groups is 1. The lowest BCUT2D eigenvalue weighted by molar-refractivity contribution is -0.172. The average molecular weight is 494 g/mol. The highest BCUT2D eigenvalue weighted by Gasteiger charge is 2.68. The number of allylic oxidation sites excluding steroid dienone is 2. The second kappa shape index (κ2) is 7.80. The predicted molar refractivity (Wildman–Crippen MR) is 141 cm³/mol. The van der Waals surface area contributed by atoms with E-state index < -0.39 is 0 Å². The van der Waals surface area contributed by atoms with Crippen molar-refractivity contribution in [2.24, 2.45) is 44.8 Å². The first-order chi connectivity index (χ1) is 16.9. The van der Waals surface area contributed by atoms with Crippen LogP contribution in [0.15, 0.2) is 22.4 Å². The fourth-order valence-corrected chi connectivity index (χ4v) is 10.8. The van der Waals surface area contributed by atoms with Crippen LogP contribution in [0.5, 0.6) is 0 Å². The Kier molecular flexibility index (Phi) is 5.40. The summed E-state index contributed by atoms with van der Waals surface area (Å²) >= 11 is 0. The molecule has 0 amide bonds. The molecule has 198 valence electrons. The number of carbonyl (C=O) groups excluding carboxylic acids is 1. The molecule has 3 fully saturated rings. The van der Waals surface area contributed by atoms with Crippen molar-refractivity contribution < 1.29 is 14.4 Å². The number of hydrogen-bond donors (Lipinski definition) is 1. The number of aromatic nitrogens is 1. The van der Waals surface area contributed by atoms with Gasteiger partial charge in [0.1, 0.15) is 5.76 Å². The molecule has 1 aromatic heterocycles. The summed E-state index contributed by atoms with van der Waals surface area (Å²) in [6.07, 6.45) is 15.3. The molecule has 0 aromatic carbocycles. The van der Waals surface area contributed by atoms with Gasteiger partial charge < -0.3 is 9.63 Å². The minimum absolute atomic E-state index is 0.0128. The van der Waals surface area contributed by atoms with Gasteiger partial charge in [0.25, 0.3) is 0 Å². The number of aliphatic hydroxyl groups is 1. The normalized spacial score (nSPS) is 47.1. The SMILES string of the molecule is C[C@@H]1c2oncc2C[C@]2(C)C3=CC(=O)C4C5CC(C)(C)CC[C@]5(CCCO)CC[C@@]4(C)[C@]3(C)CC[C@@H]12. The summed E-state index contributed by atoms with van der Waals surface area (Å²) in [5.74, 6) is 2.84. The maximum Gasteiger partial charge on any atom is 0.159 e. The van der Waals surface area contributed by atoms with Crippen LogP contribution in [0, 0.1) is 44.8 Å². The van der Waals surface area contributed by atoms with Crippen LogP contribution in [0.4, 0.5) is 0 Å². The number of fused-ring (bicyclic) bond motifs is 8. The third kappa shape index (κ3) is 3.09. The van der Waals surface area contributed by atoms with E-state index in [1.54, 1.807) is 0 Å². The first-order valence-electron chi connectivity index (χ1n) is 14.7. The highest BCUT2D eigenvalue weighted by atomic mass is 16.5. The van der Waals surface area contributed by atoms with Crippen molar-refractivity contribution in [2.45, 2.75) is 112 Å². The summed E-state index contributed by atoms with van der Waals surface area (Å²) in [5.41, 5.74) is 3.18. The second-order valence-electron chi connectivity index (χ2n) is 15.1. The molecule has 3 saturated carbocycles. The van der Waals surface area contributed by atoms with Crippen LogP contribution in [-0.4, -0.2) is 22.7 Å². The monoisotopic (exact) mass is 493 g/mol. The molecule has 4 nitrogen and oxygen atoms in total. The van der Waals surface area contributed by atoms with E-state index in [1.165, 1.54) is 36.8 Å². The Labute approximate surface area is 217 Å². The van der Waals surface area contributed by atoms with Crippen LogP contribution < -0.4 is 0 Å². The summed E-state index contributed by atoms with van der Waals surface area (Å²) in [6, 6.07) is 0. The zero-order valence-electron chi connectivity index (χ0n) is 23.5. The Morgan fingerprint density at radius 3 is 2.56 bits per heavy atom. The fourth-order valence-electron chi connectivity index (χ4n) is 10.8. The maximum absolute atomic E-state index is 14.4. The molecule has 4 heteroatoms. The molecule has 0 spiro atoms. The van der Waals surface area contributed by atoms with Crippen molar-refractivity contribution in [1.82, 2.24) is 5.16 Å². The topological polar surface area (TPSA) is 63.3 Å². The van der Waals surface area contributed by atoms with Crippen molar-refractivity contribution in [1.29, 1.82) is 0 Å². The smallest absolute Gasteiger partial charge is 0.159 e. The van der Waals surface area contributed by atoms with E-state index in [-0.39, 0.29) is 39.6 Å². The number of ketones is 1. The van der Waals surface area contributed by atoms with E-state index in [0.717, 1.165) is 44.3 Å². The van der Waals surface area contributed by atoms with Gasteiger partial charge in [-0.15, -0.1) is 0 Å². The fraction of sp³-hybridized carbons (Fsp3) is 0.812. The molecule has 36 heavy (non-hydrogen) atoms. The van der Waals surface area contributed by atoms with Crippen molar-refractivity contribution in [3.8, 4) is 0 Å². The second-order valence-corrected chi connectivity index (χ2v) is 15.1. The van der Waals surface area contributed by atoms with Gasteiger partial charge in [0.05, 0.1) is 6.20 Å². The Bertz CT molecular complexity index is 1100. The van der Waals surface area contributed by atoms with Gasteiger partial charge in [-0.05, 0) is 109 Å². The molecule has 1 aromatic rings. The summed E-state index contributed by atoms with van der Waals surface area (Å²) in [5, 5.41) is 13.9. The van der Waals surface area contributed by atoms with Crippen molar-refractivity contribution in [3.63, 3.8) is 0 Å². The van der Waals surface area contributed by atoms with Crippen LogP contribution >= 0.6 is 0 Å². The first-order valence-corrected chi connectivity index (χ1v) is 14.7. The molecule has 1 heterocycles. The van der Waals surface area contributed by atoms with Crippen molar-refractivity contribution in [3.05, 3.63) is 29.2 Å². The van der Waals surface area contributed by atoms with Crippen LogP contribution in [-0.2, 0) is 11.2 Å². The third-order valence-corrected chi connectivity index (χ3v) is 13.0. The molecule has 0 saturated heterocycles. The summed E-state index contributed by atoms with van der Waals surface area (Å²) < 4.78 is 5.72. The highest BCUT2D eigenvalue weighted by Crippen LogP contribution is 2.74. The summed E-state index contributed by atoms with van der Waals surface area (Å²) in [4.78, 5) is 14.4. The van der Waals surface area contributed by atoms with E-state index in [2.05, 4.69) is 52.8 Å². The third-order valence-electron chi connectivity index (χ3n) is 13.0. The predicted octanol–water partition coefficient (Wildman–Crippen LogP) is 7.27. The maximum atomic E-state index is 14.4. The Balaban J connectivity index is 1.46. The summed E-state index contributed by atoms with van der Waals surface area (Å²) in [6.45, 7) is 14.9. The number of aliphatic hydroxyl groups excluding tert-OH is 1. The molecule has 0 radical (unpaired) electrons. The van der Waals surface area contributed by atoms with Gasteiger partial charge in [0, 0.05) is 24.0 Å². The van der Waals surface area contributed by atoms with Crippen LogP contribution in [0.2, 0.25) is 0 Å². The van der Waals surface area contributed by atoms with Crippen LogP contribution in [0.25, 0.3) is 0 Å². The quantitative estimate of drug-likeness (QED) is 0.481. The Morgan fingerprint density at radius 2 is 1.81 bits per heavy atom. The first kappa shape index (κ1) is 24.9. The zero-order valence-corrected chi connectivity index (χ0v) is 23.5. The van der Waals surface area contributed by atoms with E-state index in [0.29, 0.717) is 23.5 Å². The number of hydrogen-bond acceptors (Lipinski definition) is 4. The molecule has 8 atom stereocenters. The van der Waals surface area contributed by atoms with Gasteiger partial charge in [-0.25, -0.2) is 0 Å². The molecule has 2 unspecified atom stereocenters. The van der Waals surface area contributed by atoms with Gasteiger partial charge in [-0.2, -0.15) is 0 Å². The lowest BCUT2D eigenvalue weighted by Gasteiger charge is -2.69. The van der Waals surface area contributed by atoms with Crippen LogP contribution in [0.3, 0.4) is 0 Å². The lowest BCUT2D eigenvalue weighted by Crippen LogP contribution is -2.64. The average Bonchev–Trinajstić information content (AvgIpc) is 3.28. The van der Waals surface area contributed by atoms with Gasteiger partial charge >= 0.3 is 0 Å². The minimum Gasteiger partial charge on any atom is -0.396 e. The van der Waals surface area contributed by atoms with E-state index >= 15 is 0 Å². The molecule has 5 aliphatic carbocycles. The molecule has 0 aliphatic heterocycles. The minimum atomic E-state index is -0.0220.